The average Bonchev–Trinajstić information content (AvgIpc) is 2.78. The molecule has 0 aliphatic carbocycles. The second-order valence-corrected chi connectivity index (χ2v) is 6.82. The first-order chi connectivity index (χ1) is 11.5. The van der Waals surface area contributed by atoms with Gasteiger partial charge in [-0.2, -0.15) is 0 Å². The van der Waals surface area contributed by atoms with Crippen LogP contribution in [0.4, 0.5) is 5.82 Å². The first-order valence-electron chi connectivity index (χ1n) is 7.10. The summed E-state index contributed by atoms with van der Waals surface area (Å²) in [5, 5.41) is 1.83. The highest BCUT2D eigenvalue weighted by Crippen LogP contribution is 2.37. The molecule has 2 aromatic rings. The summed E-state index contributed by atoms with van der Waals surface area (Å²) in [6, 6.07) is 5.52. The van der Waals surface area contributed by atoms with E-state index in [1.165, 1.54) is 11.8 Å². The van der Waals surface area contributed by atoms with E-state index < -0.39 is 0 Å². The fourth-order valence-corrected chi connectivity index (χ4v) is 3.35. The maximum Gasteiger partial charge on any atom is 0.155 e. The number of nitrogens with zero attached hydrogens (tertiary/aromatic N) is 3. The van der Waals surface area contributed by atoms with Crippen molar-refractivity contribution in [3.8, 4) is 0 Å². The highest BCUT2D eigenvalue weighted by Gasteiger charge is 2.12. The molecular weight excluding hydrogens is 363 g/mol. The molecule has 0 spiro atoms. The van der Waals surface area contributed by atoms with Gasteiger partial charge in [0, 0.05) is 23.0 Å². The Morgan fingerprint density at radius 2 is 2.04 bits per heavy atom. The molecular formula is C17H14Cl2N4S. The highest BCUT2D eigenvalue weighted by atomic mass is 35.5. The number of rotatable bonds is 3. The molecule has 0 bridgehead atoms. The van der Waals surface area contributed by atoms with Crippen LogP contribution in [0.5, 0.6) is 0 Å². The molecule has 24 heavy (non-hydrogen) atoms. The van der Waals surface area contributed by atoms with Gasteiger partial charge in [-0.05, 0) is 37.3 Å². The maximum atomic E-state index is 6.24. The van der Waals surface area contributed by atoms with Gasteiger partial charge in [0.1, 0.15) is 5.03 Å². The monoisotopic (exact) mass is 376 g/mol. The van der Waals surface area contributed by atoms with Gasteiger partial charge in [-0.25, -0.2) is 9.97 Å². The molecule has 0 radical (unpaired) electrons. The van der Waals surface area contributed by atoms with Crippen molar-refractivity contribution in [1.29, 1.82) is 0 Å². The molecule has 1 aliphatic heterocycles. The summed E-state index contributed by atoms with van der Waals surface area (Å²) in [6.45, 7) is 1.91. The standard InChI is InChI=1S/C17H14Cl2N4S/c1-11-17(24-14-6-2-5-13(18)16(14)19)21-10-15(22-11)23-8-3-4-12(20)7-9-23/h2-10H,20H2,1H3. The van der Waals surface area contributed by atoms with Crippen LogP contribution in [0.25, 0.3) is 0 Å². The lowest BCUT2D eigenvalue weighted by Gasteiger charge is -2.15. The molecule has 0 unspecified atom stereocenters. The minimum atomic E-state index is 0.522. The molecule has 122 valence electrons. The van der Waals surface area contributed by atoms with Gasteiger partial charge in [-0.1, -0.05) is 41.0 Å². The molecule has 4 nitrogen and oxygen atoms in total. The van der Waals surface area contributed by atoms with Crippen LogP contribution < -0.4 is 10.6 Å². The van der Waals surface area contributed by atoms with E-state index in [2.05, 4.69) is 9.97 Å². The van der Waals surface area contributed by atoms with E-state index in [4.69, 9.17) is 28.9 Å². The first-order valence-corrected chi connectivity index (χ1v) is 8.68. The van der Waals surface area contributed by atoms with Crippen molar-refractivity contribution in [2.75, 3.05) is 4.90 Å². The molecule has 0 atom stereocenters. The first kappa shape index (κ1) is 16.9. The second-order valence-electron chi connectivity index (χ2n) is 5.00. The number of hydrogen-bond acceptors (Lipinski definition) is 5. The molecule has 1 aromatic carbocycles. The number of anilines is 1. The number of nitrogens with two attached hydrogens (primary N) is 1. The minimum absolute atomic E-state index is 0.522. The van der Waals surface area contributed by atoms with Gasteiger partial charge in [0.15, 0.2) is 5.82 Å². The van der Waals surface area contributed by atoms with Crippen LogP contribution in [0.2, 0.25) is 10.0 Å². The van der Waals surface area contributed by atoms with Crippen molar-refractivity contribution in [2.45, 2.75) is 16.8 Å². The third-order valence-corrected chi connectivity index (χ3v) is 5.32. The van der Waals surface area contributed by atoms with Gasteiger partial charge in [-0.3, -0.25) is 0 Å². The van der Waals surface area contributed by atoms with E-state index in [1.807, 2.05) is 54.6 Å². The Hall–Kier alpha value is -1.95. The van der Waals surface area contributed by atoms with Crippen molar-refractivity contribution in [2.24, 2.45) is 5.73 Å². The van der Waals surface area contributed by atoms with Gasteiger partial charge in [0.05, 0.1) is 21.9 Å². The Labute approximate surface area is 154 Å². The lowest BCUT2D eigenvalue weighted by atomic mass is 10.4. The van der Waals surface area contributed by atoms with Crippen molar-refractivity contribution in [1.82, 2.24) is 9.97 Å². The fraction of sp³-hybridized carbons (Fsp3) is 0.0588. The number of hydrogen-bond donors (Lipinski definition) is 1. The smallest absolute Gasteiger partial charge is 0.155 e. The second kappa shape index (κ2) is 7.30. The zero-order chi connectivity index (χ0) is 17.1. The molecule has 0 fully saturated rings. The van der Waals surface area contributed by atoms with Crippen molar-refractivity contribution in [3.63, 3.8) is 0 Å². The van der Waals surface area contributed by atoms with Crippen LogP contribution in [-0.2, 0) is 0 Å². The Balaban J connectivity index is 1.85. The van der Waals surface area contributed by atoms with Crippen molar-refractivity contribution >= 4 is 40.8 Å². The molecule has 0 amide bonds. The molecule has 0 saturated heterocycles. The molecule has 1 aromatic heterocycles. The number of allylic oxidation sites excluding steroid dienone is 3. The Kier molecular flexibility index (Phi) is 5.14. The molecule has 3 rings (SSSR count). The van der Waals surface area contributed by atoms with Crippen LogP contribution in [0, 0.1) is 6.92 Å². The van der Waals surface area contributed by atoms with Gasteiger partial charge in [-0.15, -0.1) is 0 Å². The third kappa shape index (κ3) is 3.75. The van der Waals surface area contributed by atoms with Gasteiger partial charge in [0.2, 0.25) is 0 Å². The quantitative estimate of drug-likeness (QED) is 0.822. The van der Waals surface area contributed by atoms with E-state index in [1.54, 1.807) is 12.3 Å². The third-order valence-electron chi connectivity index (χ3n) is 3.24. The summed E-state index contributed by atoms with van der Waals surface area (Å²) in [4.78, 5) is 11.8. The lowest BCUT2D eigenvalue weighted by Crippen LogP contribution is -2.10. The molecule has 2 heterocycles. The summed E-state index contributed by atoms with van der Waals surface area (Å²) < 4.78 is 0. The number of aryl methyl sites for hydroxylation is 1. The maximum absolute atomic E-state index is 6.24. The van der Waals surface area contributed by atoms with Gasteiger partial charge >= 0.3 is 0 Å². The van der Waals surface area contributed by atoms with Crippen molar-refractivity contribution in [3.05, 3.63) is 76.5 Å². The van der Waals surface area contributed by atoms with Gasteiger partial charge < -0.3 is 10.6 Å². The van der Waals surface area contributed by atoms with Crippen LogP contribution in [-0.4, -0.2) is 9.97 Å². The predicted molar refractivity (Wildman–Crippen MR) is 100 cm³/mol. The Morgan fingerprint density at radius 3 is 2.83 bits per heavy atom. The van der Waals surface area contributed by atoms with E-state index in [9.17, 15) is 0 Å². The molecule has 1 aliphatic rings. The van der Waals surface area contributed by atoms with Crippen LogP contribution >= 0.6 is 35.0 Å². The summed E-state index contributed by atoms with van der Waals surface area (Å²) in [6.07, 6.45) is 10.9. The number of benzene rings is 1. The largest absolute Gasteiger partial charge is 0.399 e. The number of aromatic nitrogens is 2. The van der Waals surface area contributed by atoms with Crippen molar-refractivity contribution < 1.29 is 0 Å². The zero-order valence-corrected chi connectivity index (χ0v) is 15.1. The van der Waals surface area contributed by atoms with E-state index >= 15 is 0 Å². The Morgan fingerprint density at radius 1 is 1.21 bits per heavy atom. The van der Waals surface area contributed by atoms with Crippen LogP contribution in [0.1, 0.15) is 5.69 Å². The molecule has 7 heteroatoms. The molecule has 0 saturated carbocycles. The van der Waals surface area contributed by atoms with E-state index in [0.717, 1.165) is 15.6 Å². The fourth-order valence-electron chi connectivity index (χ4n) is 2.02. The van der Waals surface area contributed by atoms with Gasteiger partial charge in [0.25, 0.3) is 0 Å². The highest BCUT2D eigenvalue weighted by molar-refractivity contribution is 7.99. The van der Waals surface area contributed by atoms with E-state index in [0.29, 0.717) is 21.6 Å². The zero-order valence-electron chi connectivity index (χ0n) is 12.8. The Bertz CT molecular complexity index is 862. The average molecular weight is 377 g/mol. The SMILES string of the molecule is Cc1nc(N2C=CC=C(N)C=C2)cnc1Sc1cccc(Cl)c1Cl. The molecule has 2 N–H and O–H groups in total. The van der Waals surface area contributed by atoms with E-state index in [-0.39, 0.29) is 0 Å². The normalized spacial score (nSPS) is 13.8. The van der Waals surface area contributed by atoms with Crippen LogP contribution in [0.3, 0.4) is 0 Å². The summed E-state index contributed by atoms with van der Waals surface area (Å²) >= 11 is 13.7. The summed E-state index contributed by atoms with van der Waals surface area (Å²) in [5.74, 6) is 0.713. The summed E-state index contributed by atoms with van der Waals surface area (Å²) in [5.41, 5.74) is 7.26. The topological polar surface area (TPSA) is 55.0 Å². The number of halogens is 2. The predicted octanol–water partition coefficient (Wildman–Crippen LogP) is 4.93. The lowest BCUT2D eigenvalue weighted by molar-refractivity contribution is 0.968. The van der Waals surface area contributed by atoms with Crippen LogP contribution in [0.15, 0.2) is 70.6 Å². The minimum Gasteiger partial charge on any atom is -0.399 e. The summed E-state index contributed by atoms with van der Waals surface area (Å²) in [7, 11) is 0.